The summed E-state index contributed by atoms with van der Waals surface area (Å²) in [5.74, 6) is -0.450. The highest BCUT2D eigenvalue weighted by atomic mass is 16.3. The lowest BCUT2D eigenvalue weighted by Crippen LogP contribution is -2.12. The second kappa shape index (κ2) is 6.29. The van der Waals surface area contributed by atoms with Crippen molar-refractivity contribution in [3.05, 3.63) is 72.1 Å². The molecule has 1 heterocycles. The number of anilines is 1. The molecule has 0 aliphatic carbocycles. The molecule has 0 bridgehead atoms. The first-order valence-corrected chi connectivity index (χ1v) is 7.99. The molecule has 0 unspecified atom stereocenters. The number of phenolic OH excluding ortho intramolecular Hbond substituents is 1. The number of aryl methyl sites for hydroxylation is 1. The van der Waals surface area contributed by atoms with Crippen molar-refractivity contribution in [3.63, 3.8) is 0 Å². The third kappa shape index (κ3) is 2.86. The highest BCUT2D eigenvalue weighted by Crippen LogP contribution is 2.26. The van der Waals surface area contributed by atoms with E-state index < -0.39 is 0 Å². The third-order valence-electron chi connectivity index (χ3n) is 4.17. The smallest absolute Gasteiger partial charge is 0.259 e. The van der Waals surface area contributed by atoms with Gasteiger partial charge in [0.15, 0.2) is 0 Å². The summed E-state index contributed by atoms with van der Waals surface area (Å²) < 4.78 is 1.53. The number of fused-ring (bicyclic) bond motifs is 1. The van der Waals surface area contributed by atoms with Crippen LogP contribution in [0.3, 0.4) is 0 Å². The predicted octanol–water partition coefficient (Wildman–Crippen LogP) is 3.08. The van der Waals surface area contributed by atoms with E-state index in [9.17, 15) is 9.90 Å². The molecule has 4 rings (SSSR count). The summed E-state index contributed by atoms with van der Waals surface area (Å²) in [5.41, 5.74) is 2.52. The van der Waals surface area contributed by atoms with E-state index in [1.165, 1.54) is 11.0 Å². The summed E-state index contributed by atoms with van der Waals surface area (Å²) in [6, 6.07) is 16.3. The van der Waals surface area contributed by atoms with Gasteiger partial charge in [0.1, 0.15) is 12.1 Å². The normalized spacial score (nSPS) is 10.8. The maximum atomic E-state index is 12.6. The molecule has 0 atom stereocenters. The Kier molecular flexibility index (Phi) is 3.81. The molecule has 0 radical (unpaired) electrons. The van der Waals surface area contributed by atoms with E-state index in [1.54, 1.807) is 24.3 Å². The number of benzene rings is 3. The van der Waals surface area contributed by atoms with Crippen LogP contribution in [-0.4, -0.2) is 31.2 Å². The zero-order valence-electron chi connectivity index (χ0n) is 13.9. The van der Waals surface area contributed by atoms with Gasteiger partial charge in [0.2, 0.25) is 0 Å². The molecule has 4 aromatic rings. The number of hydrogen-bond donors (Lipinski definition) is 2. The van der Waals surface area contributed by atoms with Crippen molar-refractivity contribution in [2.24, 2.45) is 0 Å². The monoisotopic (exact) mass is 345 g/mol. The molecule has 7 heteroatoms. The van der Waals surface area contributed by atoms with Crippen molar-refractivity contribution < 1.29 is 9.90 Å². The van der Waals surface area contributed by atoms with Crippen molar-refractivity contribution in [3.8, 4) is 11.4 Å². The number of phenols is 1. The lowest BCUT2D eigenvalue weighted by atomic mass is 10.1. The van der Waals surface area contributed by atoms with Crippen LogP contribution in [0.4, 0.5) is 5.69 Å². The van der Waals surface area contributed by atoms with Crippen molar-refractivity contribution >= 4 is 22.4 Å². The Labute approximate surface area is 148 Å². The lowest BCUT2D eigenvalue weighted by Gasteiger charge is -2.11. The number of tetrazole rings is 1. The Morgan fingerprint density at radius 1 is 1.08 bits per heavy atom. The SMILES string of the molecule is Cc1ccc(NC(=O)c2cc3ccccc3cc2O)cc1-n1cnnn1. The Hall–Kier alpha value is -3.74. The Morgan fingerprint density at radius 3 is 2.58 bits per heavy atom. The zero-order valence-corrected chi connectivity index (χ0v) is 13.9. The van der Waals surface area contributed by atoms with Crippen LogP contribution >= 0.6 is 0 Å². The number of aromatic hydroxyl groups is 1. The molecular formula is C19H15N5O2. The van der Waals surface area contributed by atoms with Crippen LogP contribution in [-0.2, 0) is 0 Å². The molecule has 7 nitrogen and oxygen atoms in total. The highest BCUT2D eigenvalue weighted by Gasteiger charge is 2.14. The van der Waals surface area contributed by atoms with E-state index in [1.807, 2.05) is 37.3 Å². The molecule has 0 spiro atoms. The number of aromatic nitrogens is 4. The quantitative estimate of drug-likeness (QED) is 0.595. The van der Waals surface area contributed by atoms with E-state index >= 15 is 0 Å². The van der Waals surface area contributed by atoms with Crippen LogP contribution in [0.2, 0.25) is 0 Å². The fourth-order valence-corrected chi connectivity index (χ4v) is 2.81. The largest absolute Gasteiger partial charge is 0.507 e. The van der Waals surface area contributed by atoms with E-state index in [-0.39, 0.29) is 17.2 Å². The topological polar surface area (TPSA) is 92.9 Å². The van der Waals surface area contributed by atoms with Gasteiger partial charge in [-0.1, -0.05) is 30.3 Å². The van der Waals surface area contributed by atoms with E-state index in [0.29, 0.717) is 5.69 Å². The predicted molar refractivity (Wildman–Crippen MR) is 97.5 cm³/mol. The molecule has 2 N–H and O–H groups in total. The van der Waals surface area contributed by atoms with Crippen LogP contribution in [0.25, 0.3) is 16.5 Å². The number of carbonyl (C=O) groups excluding carboxylic acids is 1. The van der Waals surface area contributed by atoms with Crippen LogP contribution in [0.15, 0.2) is 60.9 Å². The third-order valence-corrected chi connectivity index (χ3v) is 4.17. The molecule has 0 aliphatic rings. The Balaban J connectivity index is 1.67. The summed E-state index contributed by atoms with van der Waals surface area (Å²) in [7, 11) is 0. The molecule has 128 valence electrons. The van der Waals surface area contributed by atoms with Gasteiger partial charge < -0.3 is 10.4 Å². The van der Waals surface area contributed by atoms with Gasteiger partial charge >= 0.3 is 0 Å². The van der Waals surface area contributed by atoms with Gasteiger partial charge in [0.25, 0.3) is 5.91 Å². The standard InChI is InChI=1S/C19H15N5O2/c1-12-6-7-15(10-17(12)24-11-20-22-23-24)21-19(26)16-8-13-4-2-3-5-14(13)9-18(16)25/h2-11,25H,1H3,(H,21,26). The van der Waals surface area contributed by atoms with Crippen LogP contribution in [0.1, 0.15) is 15.9 Å². The minimum atomic E-state index is -0.389. The van der Waals surface area contributed by atoms with Crippen LogP contribution in [0, 0.1) is 6.92 Å². The minimum absolute atomic E-state index is 0.0611. The molecular weight excluding hydrogens is 330 g/mol. The number of amides is 1. The number of nitrogens with one attached hydrogen (secondary N) is 1. The molecule has 0 saturated heterocycles. The van der Waals surface area contributed by atoms with Gasteiger partial charge in [-0.15, -0.1) is 5.10 Å². The Bertz CT molecular complexity index is 1110. The molecule has 0 fully saturated rings. The summed E-state index contributed by atoms with van der Waals surface area (Å²) in [4.78, 5) is 12.6. The number of hydrogen-bond acceptors (Lipinski definition) is 5. The summed E-state index contributed by atoms with van der Waals surface area (Å²) in [6.45, 7) is 1.93. The molecule has 0 saturated carbocycles. The van der Waals surface area contributed by atoms with Gasteiger partial charge in [-0.2, -0.15) is 0 Å². The maximum Gasteiger partial charge on any atom is 0.259 e. The minimum Gasteiger partial charge on any atom is -0.507 e. The number of carbonyl (C=O) groups is 1. The van der Waals surface area contributed by atoms with Crippen molar-refractivity contribution in [1.82, 2.24) is 20.2 Å². The lowest BCUT2D eigenvalue weighted by molar-refractivity contribution is 0.102. The van der Waals surface area contributed by atoms with Gasteiger partial charge in [-0.25, -0.2) is 4.68 Å². The first-order chi connectivity index (χ1) is 12.6. The van der Waals surface area contributed by atoms with Gasteiger partial charge in [0, 0.05) is 5.69 Å². The fraction of sp³-hybridized carbons (Fsp3) is 0.0526. The van der Waals surface area contributed by atoms with E-state index in [4.69, 9.17) is 0 Å². The first kappa shape index (κ1) is 15.8. The van der Waals surface area contributed by atoms with E-state index in [0.717, 1.165) is 22.0 Å². The molecule has 3 aromatic carbocycles. The first-order valence-electron chi connectivity index (χ1n) is 7.99. The molecule has 26 heavy (non-hydrogen) atoms. The van der Waals surface area contributed by atoms with Crippen molar-refractivity contribution in [1.29, 1.82) is 0 Å². The number of rotatable bonds is 3. The second-order valence-electron chi connectivity index (χ2n) is 5.93. The molecule has 1 amide bonds. The fourth-order valence-electron chi connectivity index (χ4n) is 2.81. The summed E-state index contributed by atoms with van der Waals surface area (Å²) in [6.07, 6.45) is 1.49. The van der Waals surface area contributed by atoms with Gasteiger partial charge in [0.05, 0.1) is 11.3 Å². The maximum absolute atomic E-state index is 12.6. The molecule has 1 aromatic heterocycles. The summed E-state index contributed by atoms with van der Waals surface area (Å²) in [5, 5.41) is 25.9. The van der Waals surface area contributed by atoms with Crippen molar-refractivity contribution in [2.45, 2.75) is 6.92 Å². The average molecular weight is 345 g/mol. The summed E-state index contributed by atoms with van der Waals surface area (Å²) >= 11 is 0. The molecule has 0 aliphatic heterocycles. The van der Waals surface area contributed by atoms with Crippen LogP contribution in [0.5, 0.6) is 5.75 Å². The second-order valence-corrected chi connectivity index (χ2v) is 5.93. The van der Waals surface area contributed by atoms with Gasteiger partial charge in [-0.05, 0) is 58.0 Å². The van der Waals surface area contributed by atoms with Crippen molar-refractivity contribution in [2.75, 3.05) is 5.32 Å². The zero-order chi connectivity index (χ0) is 18.1. The van der Waals surface area contributed by atoms with Gasteiger partial charge in [-0.3, -0.25) is 4.79 Å². The van der Waals surface area contributed by atoms with Crippen LogP contribution < -0.4 is 5.32 Å². The van der Waals surface area contributed by atoms with E-state index in [2.05, 4.69) is 20.8 Å². The number of nitrogens with zero attached hydrogens (tertiary/aromatic N) is 4. The Morgan fingerprint density at radius 2 is 1.85 bits per heavy atom. The highest BCUT2D eigenvalue weighted by molar-refractivity contribution is 6.08. The average Bonchev–Trinajstić information content (AvgIpc) is 3.17.